The van der Waals surface area contributed by atoms with Crippen LogP contribution in [0.3, 0.4) is 0 Å². The molecular formula is C21H21N3O2S. The van der Waals surface area contributed by atoms with Crippen molar-refractivity contribution in [2.24, 2.45) is 0 Å². The third kappa shape index (κ3) is 4.65. The molecular weight excluding hydrogens is 358 g/mol. The number of thioether (sulfide) groups is 1. The molecule has 0 saturated carbocycles. The van der Waals surface area contributed by atoms with Gasteiger partial charge in [-0.15, -0.1) is 0 Å². The van der Waals surface area contributed by atoms with E-state index in [1.54, 1.807) is 13.3 Å². The van der Waals surface area contributed by atoms with Crippen molar-refractivity contribution in [2.75, 3.05) is 19.9 Å². The number of hydrogen-bond acceptors (Lipinski definition) is 5. The van der Waals surface area contributed by atoms with Gasteiger partial charge in [-0.25, -0.2) is 9.97 Å². The van der Waals surface area contributed by atoms with Crippen molar-refractivity contribution in [3.05, 3.63) is 71.9 Å². The van der Waals surface area contributed by atoms with Crippen LogP contribution in [0.5, 0.6) is 5.75 Å². The first-order valence-electron chi connectivity index (χ1n) is 8.59. The predicted octanol–water partition coefficient (Wildman–Crippen LogP) is 3.85. The van der Waals surface area contributed by atoms with Gasteiger partial charge in [0.15, 0.2) is 5.16 Å². The maximum atomic E-state index is 12.8. The van der Waals surface area contributed by atoms with Crippen molar-refractivity contribution in [1.82, 2.24) is 15.3 Å². The molecule has 0 spiro atoms. The summed E-state index contributed by atoms with van der Waals surface area (Å²) in [6.07, 6.45) is 4.19. The van der Waals surface area contributed by atoms with Crippen molar-refractivity contribution in [2.45, 2.75) is 11.6 Å². The number of para-hydroxylation sites is 1. The highest BCUT2D eigenvalue weighted by Crippen LogP contribution is 2.23. The number of carbonyl (C=O) groups excluding carboxylic acids is 1. The van der Waals surface area contributed by atoms with Crippen LogP contribution in [0.2, 0.25) is 0 Å². The van der Waals surface area contributed by atoms with Crippen LogP contribution in [-0.4, -0.2) is 35.8 Å². The second-order valence-electron chi connectivity index (χ2n) is 5.80. The van der Waals surface area contributed by atoms with Gasteiger partial charge in [0.05, 0.1) is 18.4 Å². The molecule has 3 aromatic rings. The third-order valence-electron chi connectivity index (χ3n) is 4.11. The van der Waals surface area contributed by atoms with Gasteiger partial charge in [-0.1, -0.05) is 60.3 Å². The van der Waals surface area contributed by atoms with Gasteiger partial charge in [-0.3, -0.25) is 4.79 Å². The molecule has 0 aliphatic rings. The summed E-state index contributed by atoms with van der Waals surface area (Å²) >= 11 is 1.45. The van der Waals surface area contributed by atoms with Gasteiger partial charge >= 0.3 is 0 Å². The Hall–Kier alpha value is -2.86. The van der Waals surface area contributed by atoms with Crippen molar-refractivity contribution >= 4 is 17.7 Å². The van der Waals surface area contributed by atoms with E-state index in [1.807, 2.05) is 60.9 Å². The van der Waals surface area contributed by atoms with E-state index in [1.165, 1.54) is 11.8 Å². The quantitative estimate of drug-likeness (QED) is 0.499. The van der Waals surface area contributed by atoms with Crippen LogP contribution in [0, 0.1) is 0 Å². The lowest BCUT2D eigenvalue weighted by Crippen LogP contribution is -2.27. The zero-order valence-electron chi connectivity index (χ0n) is 15.3. The molecule has 27 heavy (non-hydrogen) atoms. The minimum Gasteiger partial charge on any atom is -0.496 e. The van der Waals surface area contributed by atoms with Gasteiger partial charge in [0.25, 0.3) is 5.91 Å². The average Bonchev–Trinajstić information content (AvgIpc) is 2.74. The van der Waals surface area contributed by atoms with E-state index >= 15 is 0 Å². The Labute approximate surface area is 163 Å². The van der Waals surface area contributed by atoms with Crippen molar-refractivity contribution in [3.63, 3.8) is 0 Å². The number of hydrogen-bond donors (Lipinski definition) is 1. The van der Waals surface area contributed by atoms with Crippen molar-refractivity contribution in [1.29, 1.82) is 0 Å². The molecule has 0 fully saturated rings. The second kappa shape index (κ2) is 9.19. The number of carbonyl (C=O) groups is 1. The fraction of sp³-hybridized carbons (Fsp3) is 0.190. The Kier molecular flexibility index (Phi) is 6.44. The molecule has 1 amide bonds. The summed E-state index contributed by atoms with van der Waals surface area (Å²) in [6.45, 7) is 0.498. The molecule has 0 radical (unpaired) electrons. The van der Waals surface area contributed by atoms with Gasteiger partial charge < -0.3 is 10.1 Å². The normalized spacial score (nSPS) is 10.4. The largest absolute Gasteiger partial charge is 0.496 e. The molecule has 2 aromatic carbocycles. The highest BCUT2D eigenvalue weighted by Gasteiger charge is 2.16. The smallest absolute Gasteiger partial charge is 0.255 e. The van der Waals surface area contributed by atoms with E-state index in [4.69, 9.17) is 4.74 Å². The first-order chi connectivity index (χ1) is 13.2. The fourth-order valence-electron chi connectivity index (χ4n) is 2.76. The van der Waals surface area contributed by atoms with Crippen LogP contribution in [0.1, 0.15) is 15.9 Å². The molecule has 0 saturated heterocycles. The van der Waals surface area contributed by atoms with Crippen molar-refractivity contribution < 1.29 is 9.53 Å². The summed E-state index contributed by atoms with van der Waals surface area (Å²) in [5, 5.41) is 3.60. The number of methoxy groups -OCH3 is 1. The summed E-state index contributed by atoms with van der Waals surface area (Å²) < 4.78 is 5.35. The molecule has 6 heteroatoms. The Morgan fingerprint density at radius 2 is 1.85 bits per heavy atom. The van der Waals surface area contributed by atoms with Gasteiger partial charge in [0.1, 0.15) is 5.75 Å². The topological polar surface area (TPSA) is 64.1 Å². The van der Waals surface area contributed by atoms with E-state index in [0.717, 1.165) is 16.9 Å². The van der Waals surface area contributed by atoms with E-state index in [0.29, 0.717) is 29.4 Å². The minimum absolute atomic E-state index is 0.184. The molecule has 1 N–H and O–H groups in total. The molecule has 0 atom stereocenters. The Morgan fingerprint density at radius 1 is 1.11 bits per heavy atom. The number of nitrogens with one attached hydrogen (secondary N) is 1. The van der Waals surface area contributed by atoms with Crippen molar-refractivity contribution in [3.8, 4) is 17.0 Å². The SMILES string of the molecule is COc1ccccc1CCNC(=O)c1cnc(SC)nc1-c1ccccc1. The molecule has 0 bridgehead atoms. The number of amides is 1. The zero-order valence-corrected chi connectivity index (χ0v) is 16.1. The standard InChI is InChI=1S/C21H21N3O2S/c1-26-18-11-7-6-8-15(18)12-13-22-20(25)17-14-23-21(27-2)24-19(17)16-9-4-3-5-10-16/h3-11,14H,12-13H2,1-2H3,(H,22,25). The Bertz CT molecular complexity index is 916. The Balaban J connectivity index is 1.76. The summed E-state index contributed by atoms with van der Waals surface area (Å²) in [7, 11) is 1.65. The third-order valence-corrected chi connectivity index (χ3v) is 4.68. The molecule has 1 aromatic heterocycles. The second-order valence-corrected chi connectivity index (χ2v) is 6.58. The fourth-order valence-corrected chi connectivity index (χ4v) is 3.10. The molecule has 5 nitrogen and oxygen atoms in total. The molecule has 0 unspecified atom stereocenters. The van der Waals surface area contributed by atoms with E-state index < -0.39 is 0 Å². The van der Waals surface area contributed by atoms with Crippen LogP contribution in [0.4, 0.5) is 0 Å². The molecule has 0 aliphatic heterocycles. The Morgan fingerprint density at radius 3 is 2.59 bits per heavy atom. The molecule has 138 valence electrons. The zero-order chi connectivity index (χ0) is 19.1. The van der Waals surface area contributed by atoms with Gasteiger partial charge in [-0.2, -0.15) is 0 Å². The van der Waals surface area contributed by atoms with Gasteiger partial charge in [-0.05, 0) is 24.3 Å². The summed E-state index contributed by atoms with van der Waals surface area (Å²) in [5.74, 6) is 0.640. The van der Waals surface area contributed by atoms with Crippen LogP contribution >= 0.6 is 11.8 Å². The highest BCUT2D eigenvalue weighted by atomic mass is 32.2. The maximum absolute atomic E-state index is 12.8. The first-order valence-corrected chi connectivity index (χ1v) is 9.82. The average molecular weight is 379 g/mol. The summed E-state index contributed by atoms with van der Waals surface area (Å²) in [4.78, 5) is 21.6. The molecule has 1 heterocycles. The summed E-state index contributed by atoms with van der Waals surface area (Å²) in [5.41, 5.74) is 3.06. The lowest BCUT2D eigenvalue weighted by atomic mass is 10.1. The first kappa shape index (κ1) is 18.9. The molecule has 0 aliphatic carbocycles. The van der Waals surface area contributed by atoms with Gasteiger partial charge in [0.2, 0.25) is 0 Å². The van der Waals surface area contributed by atoms with E-state index in [9.17, 15) is 4.79 Å². The van der Waals surface area contributed by atoms with Crippen LogP contribution in [0.15, 0.2) is 66.0 Å². The predicted molar refractivity (Wildman–Crippen MR) is 108 cm³/mol. The van der Waals surface area contributed by atoms with E-state index in [2.05, 4.69) is 15.3 Å². The van der Waals surface area contributed by atoms with Crippen LogP contribution < -0.4 is 10.1 Å². The molecule has 3 rings (SSSR count). The lowest BCUT2D eigenvalue weighted by Gasteiger charge is -2.11. The highest BCUT2D eigenvalue weighted by molar-refractivity contribution is 7.98. The van der Waals surface area contributed by atoms with Crippen LogP contribution in [0.25, 0.3) is 11.3 Å². The number of nitrogens with zero attached hydrogens (tertiary/aromatic N) is 2. The van der Waals surface area contributed by atoms with E-state index in [-0.39, 0.29) is 5.91 Å². The lowest BCUT2D eigenvalue weighted by molar-refractivity contribution is 0.0954. The number of aromatic nitrogens is 2. The minimum atomic E-state index is -0.184. The number of rotatable bonds is 7. The maximum Gasteiger partial charge on any atom is 0.255 e. The van der Waals surface area contributed by atoms with Crippen LogP contribution in [-0.2, 0) is 6.42 Å². The van der Waals surface area contributed by atoms with Gasteiger partial charge in [0, 0.05) is 18.3 Å². The number of ether oxygens (including phenoxy) is 1. The summed E-state index contributed by atoms with van der Waals surface area (Å²) in [6, 6.07) is 17.5. The monoisotopic (exact) mass is 379 g/mol. The number of benzene rings is 2.